The molecule has 0 spiro atoms. The summed E-state index contributed by atoms with van der Waals surface area (Å²) >= 11 is 0. The molecule has 0 atom stereocenters. The first-order chi connectivity index (χ1) is 33.2. The van der Waals surface area contributed by atoms with Crippen LogP contribution in [-0.4, -0.2) is 103 Å². The second-order valence-corrected chi connectivity index (χ2v) is 31.3. The number of unbranched alkanes of at least 4 members (excludes halogenated alkanes) is 4. The molecule has 0 bridgehead atoms. The maximum atomic E-state index is 12.5. The summed E-state index contributed by atoms with van der Waals surface area (Å²) in [5, 5.41) is 12.3. The highest BCUT2D eigenvalue weighted by atomic mass is 28.4. The standard InChI is InChI=1S/C52H92N6O9Si2/c1-68(2,35-11-31-53-49(61)13-7-5-9-33-65-51(63)57-47-27-19-43(20-28-47)37-41-15-23-45(24-16-41)55-39-59)67-69(3,4)36-12-32-54-50(62)14-8-6-10-34-66-52(64)58-48-29-21-44(22-30-48)38-42-17-25-46(26-18-42)56-40-60/h41-48H,5-38H2,1-4H3,(H,53,61)(H,54,62)(H,57,63)(H,58,64). The lowest BCUT2D eigenvalue weighted by molar-refractivity contribution is -0.122. The Hall–Kier alpha value is -3.37. The number of ether oxygens (including phenoxy) is 2. The number of hydrogen-bond donors (Lipinski definition) is 4. The molecule has 0 aliphatic heterocycles. The summed E-state index contributed by atoms with van der Waals surface area (Å²) < 4.78 is 17.7. The van der Waals surface area contributed by atoms with E-state index >= 15 is 0 Å². The van der Waals surface area contributed by atoms with Crippen LogP contribution < -0.4 is 21.3 Å². The highest BCUT2D eigenvalue weighted by Gasteiger charge is 2.33. The van der Waals surface area contributed by atoms with Crippen molar-refractivity contribution in [2.75, 3.05) is 26.3 Å². The van der Waals surface area contributed by atoms with Crippen LogP contribution in [0.3, 0.4) is 0 Å². The van der Waals surface area contributed by atoms with Gasteiger partial charge in [-0.1, -0.05) is 0 Å². The Bertz CT molecular complexity index is 1490. The lowest BCUT2D eigenvalue weighted by Crippen LogP contribution is -2.45. The first-order valence-electron chi connectivity index (χ1n) is 27.4. The Labute approximate surface area is 417 Å². The molecule has 0 aromatic heterocycles. The van der Waals surface area contributed by atoms with E-state index < -0.39 is 16.6 Å². The van der Waals surface area contributed by atoms with Gasteiger partial charge in [-0.25, -0.2) is 29.2 Å². The van der Waals surface area contributed by atoms with E-state index in [1.165, 1.54) is 12.8 Å². The molecule has 15 nitrogen and oxygen atoms in total. The minimum Gasteiger partial charge on any atom is -0.455 e. The number of rotatable bonds is 30. The van der Waals surface area contributed by atoms with Gasteiger partial charge in [0, 0.05) is 38.0 Å². The molecule has 4 aliphatic rings. The number of nitrogens with zero attached hydrogens (tertiary/aromatic N) is 2. The molecule has 0 aromatic carbocycles. The molecule has 0 unspecified atom stereocenters. The van der Waals surface area contributed by atoms with E-state index in [9.17, 15) is 28.8 Å². The Morgan fingerprint density at radius 2 is 0.826 bits per heavy atom. The smallest absolute Gasteiger partial charge is 0.407 e. The van der Waals surface area contributed by atoms with E-state index in [1.807, 2.05) is 0 Å². The molecule has 4 aliphatic carbocycles. The molecular formula is C52H92N6O9Si2. The number of hydrogen-bond acceptors (Lipinski definition) is 11. The van der Waals surface area contributed by atoms with Gasteiger partial charge in [0.2, 0.25) is 24.0 Å². The van der Waals surface area contributed by atoms with Crippen molar-refractivity contribution in [1.82, 2.24) is 21.3 Å². The second kappa shape index (κ2) is 32.6. The van der Waals surface area contributed by atoms with Crippen molar-refractivity contribution >= 4 is 52.8 Å². The van der Waals surface area contributed by atoms with Gasteiger partial charge in [-0.05, 0) is 229 Å². The fourth-order valence-electron chi connectivity index (χ4n) is 11.6. The number of carbonyl (C=O) groups excluding carboxylic acids is 6. The van der Waals surface area contributed by atoms with E-state index in [0.717, 1.165) is 178 Å². The summed E-state index contributed by atoms with van der Waals surface area (Å²) in [4.78, 5) is 78.6. The maximum absolute atomic E-state index is 12.5. The van der Waals surface area contributed by atoms with Crippen molar-refractivity contribution in [3.8, 4) is 0 Å². The number of nitrogens with one attached hydrogen (secondary N) is 4. The van der Waals surface area contributed by atoms with E-state index in [0.29, 0.717) is 51.0 Å². The molecule has 0 heterocycles. The zero-order valence-electron chi connectivity index (χ0n) is 43.2. The SMILES string of the molecule is C[Si](C)(CCCNC(=O)CCCCCOC(=O)NC1CCC(CC2CCC(N=C=O)CC2)CC1)O[Si](C)(C)CCCNC(=O)CCCCCOC(=O)NC1CCC(CC2CCC(N=C=O)CC2)CC1. The van der Waals surface area contributed by atoms with E-state index in [-0.39, 0.29) is 48.2 Å². The topological polar surface area (TPSA) is 203 Å². The Morgan fingerprint density at radius 3 is 1.17 bits per heavy atom. The zero-order valence-corrected chi connectivity index (χ0v) is 45.2. The molecule has 69 heavy (non-hydrogen) atoms. The van der Waals surface area contributed by atoms with Crippen molar-refractivity contribution in [1.29, 1.82) is 0 Å². The Balaban J connectivity index is 0.893. The van der Waals surface area contributed by atoms with Crippen LogP contribution in [0.5, 0.6) is 0 Å². The fraction of sp³-hybridized carbons (Fsp3) is 0.885. The van der Waals surface area contributed by atoms with Crippen molar-refractivity contribution in [2.45, 2.75) is 242 Å². The summed E-state index contributed by atoms with van der Waals surface area (Å²) in [6.07, 6.45) is 29.8. The minimum absolute atomic E-state index is 0.0638. The van der Waals surface area contributed by atoms with Crippen molar-refractivity contribution in [3.63, 3.8) is 0 Å². The largest absolute Gasteiger partial charge is 0.455 e. The number of amides is 4. The number of carbonyl (C=O) groups is 4. The third kappa shape index (κ3) is 26.1. The number of isocyanates is 2. The van der Waals surface area contributed by atoms with Crippen LogP contribution in [0.1, 0.15) is 180 Å². The highest BCUT2D eigenvalue weighted by molar-refractivity contribution is 6.84. The fourth-order valence-corrected chi connectivity index (χ4v) is 20.4. The lowest BCUT2D eigenvalue weighted by atomic mass is 9.76. The van der Waals surface area contributed by atoms with Crippen molar-refractivity contribution in [3.05, 3.63) is 0 Å². The molecule has 0 saturated heterocycles. The normalized spacial score (nSPS) is 25.2. The van der Waals surface area contributed by atoms with Crippen LogP contribution in [-0.2, 0) is 32.8 Å². The predicted octanol–water partition coefficient (Wildman–Crippen LogP) is 10.7. The monoisotopic (exact) mass is 1000 g/mol. The molecule has 17 heteroatoms. The van der Waals surface area contributed by atoms with Gasteiger partial charge >= 0.3 is 12.2 Å². The van der Waals surface area contributed by atoms with Gasteiger partial charge in [-0.15, -0.1) is 0 Å². The van der Waals surface area contributed by atoms with Gasteiger partial charge in [0.15, 0.2) is 16.6 Å². The molecule has 0 aromatic rings. The molecule has 4 saturated carbocycles. The number of aliphatic imine (C=N–C) groups is 2. The molecule has 4 fully saturated rings. The van der Waals surface area contributed by atoms with Gasteiger partial charge in [0.25, 0.3) is 0 Å². The predicted molar refractivity (Wildman–Crippen MR) is 275 cm³/mol. The summed E-state index contributed by atoms with van der Waals surface area (Å²) in [5.41, 5.74) is 0. The van der Waals surface area contributed by atoms with Crippen LogP contribution in [0.2, 0.25) is 38.3 Å². The van der Waals surface area contributed by atoms with Gasteiger partial charge in [0.05, 0.1) is 25.3 Å². The zero-order chi connectivity index (χ0) is 49.7. The quantitative estimate of drug-likeness (QED) is 0.0234. The molecular weight excluding hydrogens is 909 g/mol. The van der Waals surface area contributed by atoms with Crippen LogP contribution in [0, 0.1) is 23.7 Å². The van der Waals surface area contributed by atoms with E-state index in [4.69, 9.17) is 13.6 Å². The average Bonchev–Trinajstić information content (AvgIpc) is 3.31. The average molecular weight is 1000 g/mol. The minimum atomic E-state index is -1.91. The van der Waals surface area contributed by atoms with Crippen molar-refractivity contribution in [2.24, 2.45) is 33.7 Å². The van der Waals surface area contributed by atoms with Crippen LogP contribution in [0.4, 0.5) is 9.59 Å². The lowest BCUT2D eigenvalue weighted by Gasteiger charge is -2.34. The highest BCUT2D eigenvalue weighted by Crippen LogP contribution is 2.37. The summed E-state index contributed by atoms with van der Waals surface area (Å²) in [7, 11) is -3.83. The first kappa shape index (κ1) is 58.2. The van der Waals surface area contributed by atoms with Gasteiger partial charge in [-0.2, -0.15) is 0 Å². The van der Waals surface area contributed by atoms with E-state index in [2.05, 4.69) is 57.4 Å². The van der Waals surface area contributed by atoms with Crippen LogP contribution in [0.25, 0.3) is 0 Å². The summed E-state index contributed by atoms with van der Waals surface area (Å²) in [5.74, 6) is 3.02. The molecule has 4 N–H and O–H groups in total. The van der Waals surface area contributed by atoms with Gasteiger partial charge in [0.1, 0.15) is 0 Å². The summed E-state index contributed by atoms with van der Waals surface area (Å²) in [6.45, 7) is 11.1. The van der Waals surface area contributed by atoms with Crippen molar-refractivity contribution < 1.29 is 42.4 Å². The first-order valence-corrected chi connectivity index (χ1v) is 33.7. The maximum Gasteiger partial charge on any atom is 0.407 e. The third-order valence-corrected chi connectivity index (χ3v) is 23.0. The molecule has 4 rings (SSSR count). The Morgan fingerprint density at radius 1 is 0.478 bits per heavy atom. The molecule has 0 radical (unpaired) electrons. The van der Waals surface area contributed by atoms with E-state index in [1.54, 1.807) is 12.2 Å². The molecule has 4 amide bonds. The van der Waals surface area contributed by atoms with Crippen LogP contribution in [0.15, 0.2) is 9.98 Å². The third-order valence-electron chi connectivity index (χ3n) is 15.4. The van der Waals surface area contributed by atoms with Gasteiger partial charge < -0.3 is 34.9 Å². The van der Waals surface area contributed by atoms with Gasteiger partial charge in [-0.3, -0.25) is 9.59 Å². The van der Waals surface area contributed by atoms with Crippen LogP contribution >= 0.6 is 0 Å². The molecule has 392 valence electrons. The summed E-state index contributed by atoms with van der Waals surface area (Å²) in [6, 6.07) is 2.66. The number of alkyl carbamates (subject to hydrolysis) is 2. The second-order valence-electron chi connectivity index (χ2n) is 22.4. The Kier molecular flexibility index (Phi) is 27.5.